The molecular weight excluding hydrogens is 456 g/mol. The molecule has 1 aromatic heterocycles. The van der Waals surface area contributed by atoms with Crippen LogP contribution in [0.4, 0.5) is 0 Å². The highest BCUT2D eigenvalue weighted by Crippen LogP contribution is 2.19. The van der Waals surface area contributed by atoms with Crippen molar-refractivity contribution in [1.82, 2.24) is 9.62 Å². The average Bonchev–Trinajstić information content (AvgIpc) is 3.21. The fourth-order valence-electron chi connectivity index (χ4n) is 2.80. The zero-order valence-electron chi connectivity index (χ0n) is 16.1. The molecule has 0 saturated heterocycles. The first-order valence-corrected chi connectivity index (χ1v) is 11.2. The number of nitrogens with one attached hydrogen (secondary N) is 1. The number of amides is 1. The minimum absolute atomic E-state index is 0.0371. The van der Waals surface area contributed by atoms with Crippen LogP contribution in [0.15, 0.2) is 74.6 Å². The smallest absolute Gasteiger partial charge is 0.254 e. The summed E-state index contributed by atoms with van der Waals surface area (Å²) >= 11 is 3.39. The first-order valence-electron chi connectivity index (χ1n) is 8.89. The van der Waals surface area contributed by atoms with Gasteiger partial charge in [-0.15, -0.1) is 0 Å². The molecule has 0 aliphatic rings. The van der Waals surface area contributed by atoms with E-state index in [9.17, 15) is 13.2 Å². The third-order valence-corrected chi connectivity index (χ3v) is 6.37. The molecular formula is C21H21BrN2O4S. The second-order valence-electron chi connectivity index (χ2n) is 6.67. The van der Waals surface area contributed by atoms with E-state index in [4.69, 9.17) is 4.42 Å². The number of sulfonamides is 1. The van der Waals surface area contributed by atoms with Crippen molar-refractivity contribution in [2.24, 2.45) is 0 Å². The Balaban J connectivity index is 1.78. The summed E-state index contributed by atoms with van der Waals surface area (Å²) in [4.78, 5) is 14.6. The second kappa shape index (κ2) is 8.94. The summed E-state index contributed by atoms with van der Waals surface area (Å²) in [7, 11) is -2.09. The molecule has 0 aliphatic carbocycles. The quantitative estimate of drug-likeness (QED) is 0.556. The van der Waals surface area contributed by atoms with Crippen molar-refractivity contribution in [2.45, 2.75) is 24.9 Å². The van der Waals surface area contributed by atoms with Crippen LogP contribution in [0.5, 0.6) is 0 Å². The molecule has 0 saturated carbocycles. The number of furan rings is 1. The molecule has 0 radical (unpaired) electrons. The highest BCUT2D eigenvalue weighted by atomic mass is 79.9. The monoisotopic (exact) mass is 476 g/mol. The number of hydrogen-bond donors (Lipinski definition) is 1. The molecule has 0 bridgehead atoms. The molecule has 0 atom stereocenters. The Hall–Kier alpha value is -2.42. The number of rotatable bonds is 7. The molecule has 8 heteroatoms. The van der Waals surface area contributed by atoms with Crippen LogP contribution >= 0.6 is 15.9 Å². The van der Waals surface area contributed by atoms with Crippen LogP contribution in [0.25, 0.3) is 0 Å². The van der Waals surface area contributed by atoms with Gasteiger partial charge in [0, 0.05) is 23.6 Å². The van der Waals surface area contributed by atoms with Crippen LogP contribution < -0.4 is 4.72 Å². The lowest BCUT2D eigenvalue weighted by Crippen LogP contribution is -2.28. The van der Waals surface area contributed by atoms with Crippen LogP contribution in [0.2, 0.25) is 0 Å². The minimum Gasteiger partial charge on any atom is -0.468 e. The van der Waals surface area contributed by atoms with E-state index < -0.39 is 10.0 Å². The lowest BCUT2D eigenvalue weighted by molar-refractivity contribution is 0.0784. The number of hydrogen-bond acceptors (Lipinski definition) is 4. The molecule has 152 valence electrons. The maximum atomic E-state index is 12.9. The van der Waals surface area contributed by atoms with E-state index in [1.165, 1.54) is 18.4 Å². The molecule has 1 N–H and O–H groups in total. The van der Waals surface area contributed by atoms with Crippen LogP contribution in [0.1, 0.15) is 27.2 Å². The number of halogens is 1. The Morgan fingerprint density at radius 2 is 1.86 bits per heavy atom. The van der Waals surface area contributed by atoms with Crippen LogP contribution in [-0.4, -0.2) is 26.3 Å². The average molecular weight is 477 g/mol. The SMILES string of the molecule is Cc1ccc(S(=O)(=O)NCc2ccco2)cc1C(=O)N(C)Cc1ccc(Br)cc1. The molecule has 0 aliphatic heterocycles. The van der Waals surface area contributed by atoms with E-state index in [-0.39, 0.29) is 17.3 Å². The molecule has 6 nitrogen and oxygen atoms in total. The van der Waals surface area contributed by atoms with E-state index in [0.29, 0.717) is 23.4 Å². The molecule has 1 amide bonds. The Labute approximate surface area is 178 Å². The summed E-state index contributed by atoms with van der Waals surface area (Å²) in [5, 5.41) is 0. The summed E-state index contributed by atoms with van der Waals surface area (Å²) in [6, 6.07) is 15.6. The summed E-state index contributed by atoms with van der Waals surface area (Å²) in [6.07, 6.45) is 1.48. The highest BCUT2D eigenvalue weighted by molar-refractivity contribution is 9.10. The van der Waals surface area contributed by atoms with Crippen molar-refractivity contribution in [1.29, 1.82) is 0 Å². The molecule has 1 heterocycles. The minimum atomic E-state index is -3.78. The summed E-state index contributed by atoms with van der Waals surface area (Å²) in [5.41, 5.74) is 2.04. The van der Waals surface area contributed by atoms with Gasteiger partial charge in [0.2, 0.25) is 10.0 Å². The number of nitrogens with zero attached hydrogens (tertiary/aromatic N) is 1. The van der Waals surface area contributed by atoms with Gasteiger partial charge < -0.3 is 9.32 Å². The van der Waals surface area contributed by atoms with E-state index in [1.54, 1.807) is 37.1 Å². The number of benzene rings is 2. The van der Waals surface area contributed by atoms with Crippen molar-refractivity contribution in [2.75, 3.05) is 7.05 Å². The Morgan fingerprint density at radius 1 is 1.14 bits per heavy atom. The third-order valence-electron chi connectivity index (χ3n) is 4.45. The predicted octanol–water partition coefficient (Wildman–Crippen LogP) is 4.10. The summed E-state index contributed by atoms with van der Waals surface area (Å²) < 4.78 is 33.8. The number of carbonyl (C=O) groups excluding carboxylic acids is 1. The molecule has 0 unspecified atom stereocenters. The maximum Gasteiger partial charge on any atom is 0.254 e. The summed E-state index contributed by atoms with van der Waals surface area (Å²) in [5.74, 6) is 0.264. The van der Waals surface area contributed by atoms with Crippen LogP contribution in [0, 0.1) is 6.92 Å². The van der Waals surface area contributed by atoms with E-state index in [2.05, 4.69) is 20.7 Å². The van der Waals surface area contributed by atoms with Gasteiger partial charge in [0.25, 0.3) is 5.91 Å². The van der Waals surface area contributed by atoms with Gasteiger partial charge in [-0.2, -0.15) is 0 Å². The first-order chi connectivity index (χ1) is 13.8. The van der Waals surface area contributed by atoms with Crippen molar-refractivity contribution < 1.29 is 17.6 Å². The first kappa shape index (κ1) is 21.3. The fraction of sp³-hybridized carbons (Fsp3) is 0.190. The lowest BCUT2D eigenvalue weighted by atomic mass is 10.1. The Bertz CT molecular complexity index is 1090. The van der Waals surface area contributed by atoms with Gasteiger partial charge >= 0.3 is 0 Å². The van der Waals surface area contributed by atoms with Gasteiger partial charge in [0.1, 0.15) is 5.76 Å². The standard InChI is InChI=1S/C21H21BrN2O4S/c1-15-5-10-19(29(26,27)23-13-18-4-3-11-28-18)12-20(15)21(25)24(2)14-16-6-8-17(22)9-7-16/h3-12,23H,13-14H2,1-2H3. The van der Waals surface area contributed by atoms with Crippen molar-refractivity contribution in [3.05, 3.63) is 87.8 Å². The van der Waals surface area contributed by atoms with Crippen LogP contribution in [-0.2, 0) is 23.1 Å². The van der Waals surface area contributed by atoms with Gasteiger partial charge in [0.15, 0.2) is 0 Å². The maximum absolute atomic E-state index is 12.9. The topological polar surface area (TPSA) is 79.6 Å². The highest BCUT2D eigenvalue weighted by Gasteiger charge is 2.20. The molecule has 3 rings (SSSR count). The zero-order valence-corrected chi connectivity index (χ0v) is 18.5. The third kappa shape index (κ3) is 5.35. The van der Waals surface area contributed by atoms with Crippen molar-refractivity contribution >= 4 is 31.9 Å². The van der Waals surface area contributed by atoms with E-state index in [1.807, 2.05) is 24.3 Å². The fourth-order valence-corrected chi connectivity index (χ4v) is 4.09. The normalized spacial score (nSPS) is 11.4. The molecule has 2 aromatic carbocycles. The van der Waals surface area contributed by atoms with Gasteiger partial charge in [-0.05, 0) is 54.4 Å². The van der Waals surface area contributed by atoms with E-state index in [0.717, 1.165) is 10.0 Å². The Morgan fingerprint density at radius 3 is 2.52 bits per heavy atom. The van der Waals surface area contributed by atoms with Gasteiger partial charge in [-0.3, -0.25) is 4.79 Å². The van der Waals surface area contributed by atoms with Gasteiger partial charge in [0.05, 0.1) is 17.7 Å². The van der Waals surface area contributed by atoms with Crippen molar-refractivity contribution in [3.8, 4) is 0 Å². The van der Waals surface area contributed by atoms with Gasteiger partial charge in [-0.25, -0.2) is 13.1 Å². The summed E-state index contributed by atoms with van der Waals surface area (Å²) in [6.45, 7) is 2.24. The molecule has 0 spiro atoms. The second-order valence-corrected chi connectivity index (χ2v) is 9.35. The number of aryl methyl sites for hydroxylation is 1. The van der Waals surface area contributed by atoms with Crippen LogP contribution in [0.3, 0.4) is 0 Å². The van der Waals surface area contributed by atoms with Gasteiger partial charge in [-0.1, -0.05) is 34.1 Å². The molecule has 0 fully saturated rings. The number of carbonyl (C=O) groups is 1. The molecule has 29 heavy (non-hydrogen) atoms. The van der Waals surface area contributed by atoms with Crippen molar-refractivity contribution in [3.63, 3.8) is 0 Å². The Kier molecular flexibility index (Phi) is 6.56. The lowest BCUT2D eigenvalue weighted by Gasteiger charge is -2.19. The zero-order chi connectivity index (χ0) is 21.0. The van der Waals surface area contributed by atoms with E-state index >= 15 is 0 Å². The predicted molar refractivity (Wildman–Crippen MR) is 114 cm³/mol. The molecule has 3 aromatic rings. The largest absolute Gasteiger partial charge is 0.468 e.